The molecule has 0 radical (unpaired) electrons. The van der Waals surface area contributed by atoms with Crippen LogP contribution in [-0.4, -0.2) is 58.6 Å². The summed E-state index contributed by atoms with van der Waals surface area (Å²) in [6, 6.07) is 5.20. The van der Waals surface area contributed by atoms with Gasteiger partial charge in [-0.2, -0.15) is 0 Å². The fourth-order valence-electron chi connectivity index (χ4n) is 3.14. The second-order valence-electron chi connectivity index (χ2n) is 6.34. The van der Waals surface area contributed by atoms with Crippen molar-refractivity contribution in [3.05, 3.63) is 23.8 Å². The summed E-state index contributed by atoms with van der Waals surface area (Å²) < 4.78 is 15.7. The van der Waals surface area contributed by atoms with E-state index in [0.29, 0.717) is 23.7 Å². The molecule has 1 atom stereocenters. The van der Waals surface area contributed by atoms with Crippen molar-refractivity contribution in [3.8, 4) is 11.5 Å². The van der Waals surface area contributed by atoms with Gasteiger partial charge in [-0.3, -0.25) is 4.79 Å². The molecule has 1 unspecified atom stereocenters. The number of aliphatic hydroxyl groups excluding tert-OH is 1. The van der Waals surface area contributed by atoms with Gasteiger partial charge in [-0.15, -0.1) is 12.4 Å². The van der Waals surface area contributed by atoms with Crippen molar-refractivity contribution >= 4 is 18.3 Å². The van der Waals surface area contributed by atoms with Crippen LogP contribution in [0.1, 0.15) is 24.5 Å². The Balaban J connectivity index is 0.00000338. The highest BCUT2D eigenvalue weighted by Gasteiger charge is 2.39. The summed E-state index contributed by atoms with van der Waals surface area (Å²) in [5.41, 5.74) is 0.0915. The van der Waals surface area contributed by atoms with E-state index < -0.39 is 11.5 Å². The van der Waals surface area contributed by atoms with E-state index in [2.05, 4.69) is 10.6 Å². The summed E-state index contributed by atoms with van der Waals surface area (Å²) >= 11 is 0. The lowest BCUT2D eigenvalue weighted by molar-refractivity contribution is -0.136. The van der Waals surface area contributed by atoms with Gasteiger partial charge >= 0.3 is 0 Å². The number of nitrogens with one attached hydrogen (secondary N) is 2. The van der Waals surface area contributed by atoms with Crippen LogP contribution in [0.2, 0.25) is 0 Å². The molecule has 1 aromatic carbocycles. The lowest BCUT2D eigenvalue weighted by Crippen LogP contribution is -2.50. The molecule has 8 heteroatoms. The van der Waals surface area contributed by atoms with Crippen LogP contribution in [0.3, 0.4) is 0 Å². The van der Waals surface area contributed by atoms with Crippen molar-refractivity contribution in [1.82, 2.24) is 10.6 Å². The first-order valence-electron chi connectivity index (χ1n) is 8.43. The van der Waals surface area contributed by atoms with Crippen molar-refractivity contribution in [2.24, 2.45) is 5.41 Å². The monoisotopic (exact) mass is 388 g/mol. The maximum Gasteiger partial charge on any atom is 0.228 e. The molecule has 3 N–H and O–H groups in total. The highest BCUT2D eigenvalue weighted by atomic mass is 35.5. The van der Waals surface area contributed by atoms with E-state index >= 15 is 0 Å². The number of halogens is 1. The third-order valence-electron chi connectivity index (χ3n) is 4.68. The molecule has 1 aromatic rings. The molecular weight excluding hydrogens is 360 g/mol. The number of benzene rings is 1. The minimum absolute atomic E-state index is 0. The summed E-state index contributed by atoms with van der Waals surface area (Å²) in [5.74, 6) is 1.10. The van der Waals surface area contributed by atoms with Crippen molar-refractivity contribution < 1.29 is 24.1 Å². The van der Waals surface area contributed by atoms with Gasteiger partial charge in [0.1, 0.15) is 11.5 Å². The fraction of sp³-hybridized carbons (Fsp3) is 0.611. The van der Waals surface area contributed by atoms with Crippen molar-refractivity contribution in [3.63, 3.8) is 0 Å². The SMILES string of the molecule is COCC1(C(=O)NCC(O)c2cc(OC)cc(OC)c2)CCNCC1.Cl. The second kappa shape index (κ2) is 10.6. The maximum atomic E-state index is 12.7. The molecular formula is C18H29ClN2O5. The Morgan fingerprint density at radius 1 is 1.19 bits per heavy atom. The number of rotatable bonds is 8. The number of amides is 1. The second-order valence-corrected chi connectivity index (χ2v) is 6.34. The van der Waals surface area contributed by atoms with Gasteiger partial charge in [-0.25, -0.2) is 0 Å². The van der Waals surface area contributed by atoms with Crippen LogP contribution in [0.5, 0.6) is 11.5 Å². The van der Waals surface area contributed by atoms with Crippen LogP contribution >= 0.6 is 12.4 Å². The minimum atomic E-state index is -0.853. The molecule has 2 rings (SSSR count). The zero-order valence-electron chi connectivity index (χ0n) is 15.5. The third-order valence-corrected chi connectivity index (χ3v) is 4.68. The summed E-state index contributed by atoms with van der Waals surface area (Å²) in [6.45, 7) is 2.07. The maximum absolute atomic E-state index is 12.7. The van der Waals surface area contributed by atoms with Gasteiger partial charge in [0.15, 0.2) is 0 Å². The van der Waals surface area contributed by atoms with Gasteiger partial charge in [-0.1, -0.05) is 0 Å². The average molecular weight is 389 g/mol. The molecule has 1 aliphatic heterocycles. The van der Waals surface area contributed by atoms with Gasteiger partial charge in [0, 0.05) is 19.7 Å². The summed E-state index contributed by atoms with van der Waals surface area (Å²) in [7, 11) is 4.71. The van der Waals surface area contributed by atoms with Gasteiger partial charge < -0.3 is 30.0 Å². The Labute approximate surface area is 160 Å². The predicted molar refractivity (Wildman–Crippen MR) is 101 cm³/mol. The van der Waals surface area contributed by atoms with E-state index in [4.69, 9.17) is 14.2 Å². The van der Waals surface area contributed by atoms with E-state index in [0.717, 1.165) is 25.9 Å². The van der Waals surface area contributed by atoms with E-state index in [1.165, 1.54) is 0 Å². The number of ether oxygens (including phenoxy) is 3. The standard InChI is InChI=1S/C18H28N2O5.ClH/c1-23-12-18(4-6-19-7-5-18)17(22)20-11-16(21)13-8-14(24-2)10-15(9-13)25-3;/h8-10,16,19,21H,4-7,11-12H2,1-3H3,(H,20,22);1H. The highest BCUT2D eigenvalue weighted by Crippen LogP contribution is 2.30. The minimum Gasteiger partial charge on any atom is -0.497 e. The van der Waals surface area contributed by atoms with Gasteiger partial charge in [-0.05, 0) is 43.6 Å². The Hall–Kier alpha value is -1.54. The highest BCUT2D eigenvalue weighted by molar-refractivity contribution is 5.85. The molecule has 0 spiro atoms. The molecule has 148 valence electrons. The molecule has 1 fully saturated rings. The molecule has 0 aliphatic carbocycles. The number of hydrogen-bond donors (Lipinski definition) is 3. The number of carbonyl (C=O) groups is 1. The first-order valence-corrected chi connectivity index (χ1v) is 8.43. The summed E-state index contributed by atoms with van der Waals surface area (Å²) in [6.07, 6.45) is 0.583. The molecule has 1 amide bonds. The fourth-order valence-corrected chi connectivity index (χ4v) is 3.14. The quantitative estimate of drug-likeness (QED) is 0.622. The van der Waals surface area contributed by atoms with Gasteiger partial charge in [0.2, 0.25) is 5.91 Å². The molecule has 0 bridgehead atoms. The molecule has 26 heavy (non-hydrogen) atoms. The zero-order valence-corrected chi connectivity index (χ0v) is 16.4. The number of carbonyl (C=O) groups excluding carboxylic acids is 1. The van der Waals surface area contributed by atoms with E-state index in [1.807, 2.05) is 0 Å². The van der Waals surface area contributed by atoms with Crippen LogP contribution in [0.4, 0.5) is 0 Å². The van der Waals surface area contributed by atoms with E-state index in [9.17, 15) is 9.90 Å². The first-order chi connectivity index (χ1) is 12.0. The number of hydrogen-bond acceptors (Lipinski definition) is 6. The average Bonchev–Trinajstić information content (AvgIpc) is 2.66. The van der Waals surface area contributed by atoms with Crippen molar-refractivity contribution in [2.75, 3.05) is 47.6 Å². The lowest BCUT2D eigenvalue weighted by Gasteiger charge is -2.35. The number of aliphatic hydroxyl groups is 1. The van der Waals surface area contributed by atoms with Crippen LogP contribution in [-0.2, 0) is 9.53 Å². The Bertz CT molecular complexity index is 551. The van der Waals surface area contributed by atoms with Gasteiger partial charge in [0.25, 0.3) is 0 Å². The summed E-state index contributed by atoms with van der Waals surface area (Å²) in [4.78, 5) is 12.7. The molecule has 1 aliphatic rings. The van der Waals surface area contributed by atoms with E-state index in [1.54, 1.807) is 39.5 Å². The third kappa shape index (κ3) is 5.48. The molecule has 1 heterocycles. The number of piperidine rings is 1. The van der Waals surface area contributed by atoms with Crippen LogP contribution in [0, 0.1) is 5.41 Å². The molecule has 0 aromatic heterocycles. The smallest absolute Gasteiger partial charge is 0.228 e. The van der Waals surface area contributed by atoms with Crippen molar-refractivity contribution in [2.45, 2.75) is 18.9 Å². The largest absolute Gasteiger partial charge is 0.497 e. The summed E-state index contributed by atoms with van der Waals surface area (Å²) in [5, 5.41) is 16.6. The topological polar surface area (TPSA) is 89.1 Å². The van der Waals surface area contributed by atoms with E-state index in [-0.39, 0.29) is 24.9 Å². The van der Waals surface area contributed by atoms with Crippen LogP contribution < -0.4 is 20.1 Å². The molecule has 1 saturated heterocycles. The molecule has 0 saturated carbocycles. The normalized spacial score (nSPS) is 16.9. The van der Waals surface area contributed by atoms with Gasteiger partial charge in [0.05, 0.1) is 32.3 Å². The van der Waals surface area contributed by atoms with Crippen molar-refractivity contribution in [1.29, 1.82) is 0 Å². The van der Waals surface area contributed by atoms with Crippen LogP contribution in [0.25, 0.3) is 0 Å². The van der Waals surface area contributed by atoms with Crippen LogP contribution in [0.15, 0.2) is 18.2 Å². The molecule has 7 nitrogen and oxygen atoms in total. The predicted octanol–water partition coefficient (Wildman–Crippen LogP) is 1.29. The lowest BCUT2D eigenvalue weighted by atomic mass is 9.78. The number of methoxy groups -OCH3 is 3. The first kappa shape index (κ1) is 22.5. The zero-order chi connectivity index (χ0) is 18.3. The Kier molecular flexibility index (Phi) is 9.15. The Morgan fingerprint density at radius 3 is 2.27 bits per heavy atom. The Morgan fingerprint density at radius 2 is 1.77 bits per heavy atom.